The summed E-state index contributed by atoms with van der Waals surface area (Å²) >= 11 is 1.30. The Labute approximate surface area is 236 Å². The normalized spacial score (nSPS) is 15.1. The third kappa shape index (κ3) is 4.66. The second kappa shape index (κ2) is 11.0. The summed E-state index contributed by atoms with van der Waals surface area (Å²) in [5.41, 5.74) is 5.36. The van der Waals surface area contributed by atoms with E-state index in [0.29, 0.717) is 37.7 Å². The topological polar surface area (TPSA) is 84.1 Å². The zero-order chi connectivity index (χ0) is 28.6. The molecule has 1 aliphatic rings. The summed E-state index contributed by atoms with van der Waals surface area (Å²) in [6.07, 6.45) is 1.90. The van der Waals surface area contributed by atoms with E-state index in [1.807, 2.05) is 44.2 Å². The molecule has 0 aliphatic carbocycles. The van der Waals surface area contributed by atoms with Gasteiger partial charge in [-0.15, -0.1) is 0 Å². The maximum absolute atomic E-state index is 14.0. The molecule has 1 atom stereocenters. The number of fused-ring (bicyclic) bond motifs is 1. The lowest BCUT2D eigenvalue weighted by Gasteiger charge is -2.25. The predicted octanol–water partition coefficient (Wildman–Crippen LogP) is 4.22. The van der Waals surface area contributed by atoms with Crippen molar-refractivity contribution in [3.63, 3.8) is 0 Å². The van der Waals surface area contributed by atoms with Crippen LogP contribution < -0.4 is 24.4 Å². The van der Waals surface area contributed by atoms with Gasteiger partial charge in [0.2, 0.25) is 0 Å². The zero-order valence-corrected chi connectivity index (χ0v) is 24.2. The summed E-state index contributed by atoms with van der Waals surface area (Å²) in [7, 11) is 3.11. The molecule has 0 saturated carbocycles. The van der Waals surface area contributed by atoms with E-state index in [2.05, 4.69) is 27.8 Å². The van der Waals surface area contributed by atoms with E-state index in [1.165, 1.54) is 11.3 Å². The standard InChI is InChI=1S/C31H31N3O5S/c1-7-39-30(36)27-19(3)32-31-34(28(27)21-13-14-24(37-5)25(16-21)38-6)29(35)26(40-31)17-22-15-18(2)33(20(22)4)23-11-9-8-10-12-23/h8-17,28H,7H2,1-6H3/b26-17+/t28-/m1/s1. The molecule has 206 valence electrons. The summed E-state index contributed by atoms with van der Waals surface area (Å²) in [6, 6.07) is 16.8. The van der Waals surface area contributed by atoms with Crippen LogP contribution in [0.1, 0.15) is 42.4 Å². The number of rotatable bonds is 7. The van der Waals surface area contributed by atoms with Gasteiger partial charge < -0.3 is 18.8 Å². The number of methoxy groups -OCH3 is 2. The van der Waals surface area contributed by atoms with Gasteiger partial charge in [-0.1, -0.05) is 35.6 Å². The number of aryl methyl sites for hydroxylation is 1. The summed E-state index contributed by atoms with van der Waals surface area (Å²) in [5.74, 6) is 0.531. The Morgan fingerprint density at radius 2 is 1.75 bits per heavy atom. The molecule has 1 aliphatic heterocycles. The maximum atomic E-state index is 14.0. The number of thiazole rings is 1. The zero-order valence-electron chi connectivity index (χ0n) is 23.3. The van der Waals surface area contributed by atoms with Crippen molar-refractivity contribution in [2.24, 2.45) is 4.99 Å². The summed E-state index contributed by atoms with van der Waals surface area (Å²) in [5, 5.41) is 0. The number of para-hydroxylation sites is 1. The quantitative estimate of drug-likeness (QED) is 0.318. The monoisotopic (exact) mass is 557 g/mol. The Morgan fingerprint density at radius 3 is 2.42 bits per heavy atom. The minimum Gasteiger partial charge on any atom is -0.493 e. The van der Waals surface area contributed by atoms with Gasteiger partial charge in [-0.05, 0) is 75.2 Å². The highest BCUT2D eigenvalue weighted by Gasteiger charge is 2.34. The highest BCUT2D eigenvalue weighted by molar-refractivity contribution is 7.07. The van der Waals surface area contributed by atoms with E-state index in [1.54, 1.807) is 44.8 Å². The van der Waals surface area contributed by atoms with Crippen LogP contribution in [-0.2, 0) is 9.53 Å². The summed E-state index contributed by atoms with van der Waals surface area (Å²) in [4.78, 5) is 32.4. The van der Waals surface area contributed by atoms with Gasteiger partial charge in [0.15, 0.2) is 16.3 Å². The molecule has 40 heavy (non-hydrogen) atoms. The first-order valence-electron chi connectivity index (χ1n) is 12.9. The molecule has 0 fully saturated rings. The first-order valence-corrected chi connectivity index (χ1v) is 13.8. The molecule has 0 saturated heterocycles. The van der Waals surface area contributed by atoms with Crippen molar-refractivity contribution < 1.29 is 19.0 Å². The number of nitrogens with zero attached hydrogens (tertiary/aromatic N) is 3. The molecule has 0 bridgehead atoms. The van der Waals surface area contributed by atoms with Crippen molar-refractivity contribution in [2.75, 3.05) is 20.8 Å². The number of carbonyl (C=O) groups is 1. The first-order chi connectivity index (χ1) is 19.3. The van der Waals surface area contributed by atoms with E-state index in [9.17, 15) is 9.59 Å². The van der Waals surface area contributed by atoms with E-state index < -0.39 is 12.0 Å². The lowest BCUT2D eigenvalue weighted by molar-refractivity contribution is -0.139. The van der Waals surface area contributed by atoms with Gasteiger partial charge in [0.25, 0.3) is 5.56 Å². The molecule has 0 unspecified atom stereocenters. The number of aromatic nitrogens is 2. The van der Waals surface area contributed by atoms with Crippen molar-refractivity contribution in [2.45, 2.75) is 33.7 Å². The fourth-order valence-electron chi connectivity index (χ4n) is 5.18. The predicted molar refractivity (Wildman–Crippen MR) is 155 cm³/mol. The van der Waals surface area contributed by atoms with Crippen LogP contribution in [0.5, 0.6) is 11.5 Å². The van der Waals surface area contributed by atoms with Crippen LogP contribution in [0.25, 0.3) is 11.8 Å². The van der Waals surface area contributed by atoms with Crippen molar-refractivity contribution in [1.29, 1.82) is 0 Å². The second-order valence-corrected chi connectivity index (χ2v) is 10.4. The minimum absolute atomic E-state index is 0.204. The molecule has 2 aromatic carbocycles. The Hall–Kier alpha value is -4.37. The van der Waals surface area contributed by atoms with Gasteiger partial charge >= 0.3 is 5.97 Å². The number of ether oxygens (including phenoxy) is 3. The van der Waals surface area contributed by atoms with Gasteiger partial charge in [-0.3, -0.25) is 9.36 Å². The van der Waals surface area contributed by atoms with Crippen LogP contribution >= 0.6 is 11.3 Å². The van der Waals surface area contributed by atoms with E-state index in [0.717, 1.165) is 22.6 Å². The number of allylic oxidation sites excluding steroid dienone is 1. The molecular formula is C31H31N3O5S. The molecule has 3 heterocycles. The van der Waals surface area contributed by atoms with Crippen LogP contribution in [0.4, 0.5) is 0 Å². The van der Waals surface area contributed by atoms with Crippen LogP contribution in [0.2, 0.25) is 0 Å². The van der Waals surface area contributed by atoms with Crippen LogP contribution in [0, 0.1) is 13.8 Å². The van der Waals surface area contributed by atoms with Crippen molar-refractivity contribution in [3.8, 4) is 17.2 Å². The second-order valence-electron chi connectivity index (χ2n) is 9.41. The SMILES string of the molecule is CCOC(=O)C1=C(C)N=c2s/c(=C/c3cc(C)n(-c4ccccc4)c3C)c(=O)n2[C@@H]1c1ccc(OC)c(OC)c1. The molecule has 4 aromatic rings. The Morgan fingerprint density at radius 1 is 1.02 bits per heavy atom. The lowest BCUT2D eigenvalue weighted by atomic mass is 9.95. The molecule has 5 rings (SSSR count). The molecule has 0 radical (unpaired) electrons. The number of hydrogen-bond acceptors (Lipinski definition) is 7. The van der Waals surface area contributed by atoms with E-state index in [-0.39, 0.29) is 12.2 Å². The van der Waals surface area contributed by atoms with Gasteiger partial charge in [0, 0.05) is 17.1 Å². The third-order valence-electron chi connectivity index (χ3n) is 7.01. The average Bonchev–Trinajstić information content (AvgIpc) is 3.41. The highest BCUT2D eigenvalue weighted by atomic mass is 32.1. The van der Waals surface area contributed by atoms with E-state index >= 15 is 0 Å². The molecule has 9 heteroatoms. The van der Waals surface area contributed by atoms with Crippen LogP contribution in [-0.4, -0.2) is 35.9 Å². The molecule has 8 nitrogen and oxygen atoms in total. The van der Waals surface area contributed by atoms with Crippen LogP contribution in [0.3, 0.4) is 0 Å². The lowest BCUT2D eigenvalue weighted by Crippen LogP contribution is -2.40. The molecular weight excluding hydrogens is 526 g/mol. The fraction of sp³-hybridized carbons (Fsp3) is 0.258. The van der Waals surface area contributed by atoms with Gasteiger partial charge in [0.05, 0.1) is 42.7 Å². The van der Waals surface area contributed by atoms with Crippen molar-refractivity contribution in [1.82, 2.24) is 9.13 Å². The summed E-state index contributed by atoms with van der Waals surface area (Å²) in [6.45, 7) is 7.81. The van der Waals surface area contributed by atoms with Gasteiger partial charge in [-0.25, -0.2) is 9.79 Å². The fourth-order valence-corrected chi connectivity index (χ4v) is 6.22. The maximum Gasteiger partial charge on any atom is 0.338 e. The third-order valence-corrected chi connectivity index (χ3v) is 7.99. The number of benzene rings is 2. The number of carbonyl (C=O) groups excluding carboxylic acids is 1. The number of hydrogen-bond donors (Lipinski definition) is 0. The Kier molecular flexibility index (Phi) is 7.49. The van der Waals surface area contributed by atoms with Gasteiger partial charge in [0.1, 0.15) is 0 Å². The minimum atomic E-state index is -0.742. The van der Waals surface area contributed by atoms with Gasteiger partial charge in [-0.2, -0.15) is 0 Å². The first kappa shape index (κ1) is 27.2. The van der Waals surface area contributed by atoms with Crippen molar-refractivity contribution in [3.05, 3.63) is 108 Å². The molecule has 2 aromatic heterocycles. The average molecular weight is 558 g/mol. The molecule has 0 spiro atoms. The highest BCUT2D eigenvalue weighted by Crippen LogP contribution is 2.36. The molecule has 0 amide bonds. The van der Waals surface area contributed by atoms with E-state index in [4.69, 9.17) is 14.2 Å². The number of esters is 1. The Balaban J connectivity index is 1.71. The molecule has 0 N–H and O–H groups in total. The van der Waals surface area contributed by atoms with Crippen LogP contribution in [0.15, 0.2) is 75.7 Å². The van der Waals surface area contributed by atoms with Crippen molar-refractivity contribution >= 4 is 23.4 Å². The Bertz CT molecular complexity index is 1810. The smallest absolute Gasteiger partial charge is 0.338 e. The largest absolute Gasteiger partial charge is 0.493 e. The summed E-state index contributed by atoms with van der Waals surface area (Å²) < 4.78 is 20.6.